The van der Waals surface area contributed by atoms with Gasteiger partial charge in [0.15, 0.2) is 0 Å². The van der Waals surface area contributed by atoms with Crippen molar-refractivity contribution in [3.05, 3.63) is 0 Å². The van der Waals surface area contributed by atoms with Crippen LogP contribution in [0.5, 0.6) is 0 Å². The van der Waals surface area contributed by atoms with Crippen LogP contribution in [0.15, 0.2) is 4.99 Å². The molecule has 0 aliphatic carbocycles. The Bertz CT molecular complexity index is 118. The molecule has 8 heavy (non-hydrogen) atoms. The molecule has 0 fully saturated rings. The van der Waals surface area contributed by atoms with Gasteiger partial charge in [-0.05, 0) is 6.92 Å². The van der Waals surface area contributed by atoms with E-state index in [4.69, 9.17) is 0 Å². The van der Waals surface area contributed by atoms with Gasteiger partial charge in [0.1, 0.15) is 5.71 Å². The summed E-state index contributed by atoms with van der Waals surface area (Å²) in [4.78, 5) is 14.0. The average Bonchev–Trinajstić information content (AvgIpc) is 1.84. The summed E-state index contributed by atoms with van der Waals surface area (Å²) in [5.74, 6) is -0.368. The summed E-state index contributed by atoms with van der Waals surface area (Å²) in [6.45, 7) is 1.60. The highest BCUT2D eigenvalue weighted by atomic mass is 16.5. The minimum atomic E-state index is -0.368. The third-order valence-corrected chi connectivity index (χ3v) is 0.816. The van der Waals surface area contributed by atoms with Crippen LogP contribution in [0, 0.1) is 0 Å². The normalized spacial score (nSPS) is 11.1. The summed E-state index contributed by atoms with van der Waals surface area (Å²) in [7, 11) is 2.88. The molecule has 0 radical (unpaired) electrons. The molecule has 46 valence electrons. The van der Waals surface area contributed by atoms with Crippen molar-refractivity contribution in [2.45, 2.75) is 6.92 Å². The molecule has 0 rings (SSSR count). The number of nitrogens with zero attached hydrogens (tertiary/aromatic N) is 1. The van der Waals surface area contributed by atoms with Gasteiger partial charge in [-0.2, -0.15) is 0 Å². The minimum Gasteiger partial charge on any atom is -0.465 e. The Kier molecular flexibility index (Phi) is 2.84. The maximum Gasteiger partial charge on any atom is 0.351 e. The number of esters is 1. The Morgan fingerprint density at radius 2 is 2.12 bits per heavy atom. The Morgan fingerprint density at radius 1 is 1.62 bits per heavy atom. The van der Waals surface area contributed by atoms with Gasteiger partial charge in [0.2, 0.25) is 0 Å². The van der Waals surface area contributed by atoms with Crippen LogP contribution in [0.25, 0.3) is 0 Å². The summed E-state index contributed by atoms with van der Waals surface area (Å²) in [5.41, 5.74) is 0.396. The maximum absolute atomic E-state index is 10.4. The predicted molar refractivity (Wildman–Crippen MR) is 31.0 cm³/mol. The first kappa shape index (κ1) is 7.14. The van der Waals surface area contributed by atoms with Crippen molar-refractivity contribution >= 4 is 11.7 Å². The number of aliphatic imine (C=N–C) groups is 1. The monoisotopic (exact) mass is 115 g/mol. The van der Waals surface area contributed by atoms with Gasteiger partial charge in [0, 0.05) is 7.05 Å². The van der Waals surface area contributed by atoms with Crippen LogP contribution in [-0.2, 0) is 9.53 Å². The first-order chi connectivity index (χ1) is 3.72. The van der Waals surface area contributed by atoms with E-state index in [0.717, 1.165) is 0 Å². The van der Waals surface area contributed by atoms with Crippen molar-refractivity contribution in [1.29, 1.82) is 0 Å². The SMILES string of the molecule is CN=C(C)C(=O)OC. The third kappa shape index (κ3) is 1.73. The molecule has 0 saturated carbocycles. The van der Waals surface area contributed by atoms with E-state index in [1.807, 2.05) is 0 Å². The molecule has 0 bridgehead atoms. The molecule has 0 spiro atoms. The molecule has 0 aliphatic rings. The zero-order valence-electron chi connectivity index (χ0n) is 5.26. The number of rotatable bonds is 1. The standard InChI is InChI=1S/C5H9NO2/c1-4(6-2)5(7)8-3/h1-3H3. The van der Waals surface area contributed by atoms with E-state index in [-0.39, 0.29) is 5.97 Å². The highest BCUT2D eigenvalue weighted by Gasteiger charge is 2.00. The summed E-state index contributed by atoms with van der Waals surface area (Å²) < 4.78 is 4.33. The second kappa shape index (κ2) is 3.18. The summed E-state index contributed by atoms with van der Waals surface area (Å²) in [5, 5.41) is 0. The molecular weight excluding hydrogens is 106 g/mol. The molecule has 3 nitrogen and oxygen atoms in total. The fourth-order valence-electron chi connectivity index (χ4n) is 0.239. The number of carbonyl (C=O) groups excluding carboxylic acids is 1. The molecule has 0 heterocycles. The summed E-state index contributed by atoms with van der Waals surface area (Å²) in [6, 6.07) is 0. The second-order valence-corrected chi connectivity index (χ2v) is 1.30. The van der Waals surface area contributed by atoms with Gasteiger partial charge in [-0.3, -0.25) is 4.99 Å². The summed E-state index contributed by atoms with van der Waals surface area (Å²) >= 11 is 0. The van der Waals surface area contributed by atoms with Crippen molar-refractivity contribution < 1.29 is 9.53 Å². The lowest BCUT2D eigenvalue weighted by molar-refractivity contribution is -0.132. The molecule has 0 amide bonds. The van der Waals surface area contributed by atoms with E-state index in [1.54, 1.807) is 14.0 Å². The molecule has 0 aromatic heterocycles. The first-order valence-electron chi connectivity index (χ1n) is 2.24. The van der Waals surface area contributed by atoms with Crippen molar-refractivity contribution in [1.82, 2.24) is 0 Å². The van der Waals surface area contributed by atoms with Crippen LogP contribution in [0.1, 0.15) is 6.92 Å². The van der Waals surface area contributed by atoms with Gasteiger partial charge >= 0.3 is 5.97 Å². The quantitative estimate of drug-likeness (QED) is 0.363. The largest absolute Gasteiger partial charge is 0.465 e. The number of methoxy groups -OCH3 is 1. The van der Waals surface area contributed by atoms with E-state index in [1.165, 1.54) is 7.11 Å². The zero-order chi connectivity index (χ0) is 6.57. The number of ether oxygens (including phenoxy) is 1. The summed E-state index contributed by atoms with van der Waals surface area (Å²) in [6.07, 6.45) is 0. The van der Waals surface area contributed by atoms with E-state index >= 15 is 0 Å². The number of hydrogen-bond donors (Lipinski definition) is 0. The van der Waals surface area contributed by atoms with Crippen molar-refractivity contribution in [3.63, 3.8) is 0 Å². The minimum absolute atomic E-state index is 0.368. The Labute approximate surface area is 48.4 Å². The fraction of sp³-hybridized carbons (Fsp3) is 0.600. The van der Waals surface area contributed by atoms with E-state index in [2.05, 4.69) is 9.73 Å². The van der Waals surface area contributed by atoms with E-state index < -0.39 is 0 Å². The van der Waals surface area contributed by atoms with Gasteiger partial charge < -0.3 is 4.74 Å². The van der Waals surface area contributed by atoms with Crippen LogP contribution >= 0.6 is 0 Å². The van der Waals surface area contributed by atoms with Crippen LogP contribution in [-0.4, -0.2) is 25.8 Å². The Hall–Kier alpha value is -0.860. The van der Waals surface area contributed by atoms with Gasteiger partial charge in [0.25, 0.3) is 0 Å². The molecule has 0 unspecified atom stereocenters. The van der Waals surface area contributed by atoms with Crippen molar-refractivity contribution in [3.8, 4) is 0 Å². The lowest BCUT2D eigenvalue weighted by Crippen LogP contribution is -2.10. The smallest absolute Gasteiger partial charge is 0.351 e. The molecule has 0 atom stereocenters. The molecule has 0 saturated heterocycles. The van der Waals surface area contributed by atoms with Gasteiger partial charge in [0.05, 0.1) is 7.11 Å². The first-order valence-corrected chi connectivity index (χ1v) is 2.24. The highest BCUT2D eigenvalue weighted by molar-refractivity contribution is 6.35. The molecule has 0 aliphatic heterocycles. The molecule has 0 N–H and O–H groups in total. The Morgan fingerprint density at radius 3 is 2.25 bits per heavy atom. The highest BCUT2D eigenvalue weighted by Crippen LogP contribution is 1.77. The van der Waals surface area contributed by atoms with Crippen LogP contribution in [0.3, 0.4) is 0 Å². The molecule has 0 aromatic carbocycles. The second-order valence-electron chi connectivity index (χ2n) is 1.30. The topological polar surface area (TPSA) is 38.7 Å². The Balaban J connectivity index is 3.83. The molecular formula is C5H9NO2. The average molecular weight is 115 g/mol. The zero-order valence-corrected chi connectivity index (χ0v) is 5.26. The van der Waals surface area contributed by atoms with Crippen molar-refractivity contribution in [2.75, 3.05) is 14.2 Å². The van der Waals surface area contributed by atoms with Gasteiger partial charge in [-0.1, -0.05) is 0 Å². The predicted octanol–water partition coefficient (Wildman–Crippen LogP) is 0.250. The van der Waals surface area contributed by atoms with Crippen molar-refractivity contribution in [2.24, 2.45) is 4.99 Å². The van der Waals surface area contributed by atoms with Crippen LogP contribution in [0.2, 0.25) is 0 Å². The van der Waals surface area contributed by atoms with Gasteiger partial charge in [-0.25, -0.2) is 4.79 Å². The lowest BCUT2D eigenvalue weighted by atomic mass is 10.4. The number of carbonyl (C=O) groups is 1. The lowest BCUT2D eigenvalue weighted by Gasteiger charge is -1.92. The van der Waals surface area contributed by atoms with Crippen LogP contribution < -0.4 is 0 Å². The van der Waals surface area contributed by atoms with Gasteiger partial charge in [-0.15, -0.1) is 0 Å². The fourth-order valence-corrected chi connectivity index (χ4v) is 0.239. The molecule has 0 aromatic rings. The molecule has 3 heteroatoms. The van der Waals surface area contributed by atoms with Crippen LogP contribution in [0.4, 0.5) is 0 Å². The number of hydrogen-bond acceptors (Lipinski definition) is 3. The maximum atomic E-state index is 10.4. The van der Waals surface area contributed by atoms with E-state index in [9.17, 15) is 4.79 Å². The third-order valence-electron chi connectivity index (χ3n) is 0.816. The van der Waals surface area contributed by atoms with E-state index in [0.29, 0.717) is 5.71 Å².